The Balaban J connectivity index is 1.68. The fraction of sp³-hybridized carbons (Fsp3) is 0.833. The van der Waals surface area contributed by atoms with Crippen molar-refractivity contribution in [2.24, 2.45) is 7.05 Å². The Morgan fingerprint density at radius 2 is 2.47 bits per heavy atom. The van der Waals surface area contributed by atoms with Crippen molar-refractivity contribution in [1.82, 2.24) is 15.0 Å². The van der Waals surface area contributed by atoms with Gasteiger partial charge in [0.05, 0.1) is 17.9 Å². The van der Waals surface area contributed by atoms with Crippen molar-refractivity contribution in [3.05, 3.63) is 11.9 Å². The first kappa shape index (κ1) is 12.5. The van der Waals surface area contributed by atoms with E-state index in [1.165, 1.54) is 12.8 Å². The lowest BCUT2D eigenvalue weighted by Crippen LogP contribution is -2.21. The maximum atomic E-state index is 9.91. The molecule has 0 aliphatic carbocycles. The molecule has 1 N–H and O–H groups in total. The number of aryl methyl sites for hydroxylation is 1. The van der Waals surface area contributed by atoms with E-state index >= 15 is 0 Å². The lowest BCUT2D eigenvalue weighted by molar-refractivity contribution is 0.00228. The zero-order chi connectivity index (χ0) is 12.1. The maximum Gasteiger partial charge on any atom is 0.0852 e. The molecule has 0 saturated carbocycles. The highest BCUT2D eigenvalue weighted by Crippen LogP contribution is 2.18. The summed E-state index contributed by atoms with van der Waals surface area (Å²) in [5.41, 5.74) is 0.851. The molecule has 1 saturated heterocycles. The summed E-state index contributed by atoms with van der Waals surface area (Å²) in [6, 6.07) is 0. The van der Waals surface area contributed by atoms with Gasteiger partial charge in [0.2, 0.25) is 0 Å². The van der Waals surface area contributed by atoms with E-state index in [0.717, 1.165) is 31.6 Å². The number of aromatic nitrogens is 3. The molecule has 1 aromatic rings. The van der Waals surface area contributed by atoms with E-state index in [-0.39, 0.29) is 6.10 Å². The third kappa shape index (κ3) is 4.09. The quantitative estimate of drug-likeness (QED) is 0.835. The molecule has 2 unspecified atom stereocenters. The molecule has 1 aromatic heterocycles. The zero-order valence-corrected chi connectivity index (χ0v) is 10.4. The van der Waals surface area contributed by atoms with Gasteiger partial charge >= 0.3 is 0 Å². The molecule has 5 nitrogen and oxygen atoms in total. The molecule has 5 heteroatoms. The standard InChI is InChI=1S/C12H21N3O2/c1-15-9-10(13-14-15)8-11(16)5-6-12-4-2-3-7-17-12/h9,11-12,16H,2-8H2,1H3. The monoisotopic (exact) mass is 239 g/mol. The van der Waals surface area contributed by atoms with E-state index in [0.29, 0.717) is 12.5 Å². The molecule has 17 heavy (non-hydrogen) atoms. The minimum absolute atomic E-state index is 0.336. The van der Waals surface area contributed by atoms with Gasteiger partial charge < -0.3 is 9.84 Å². The highest BCUT2D eigenvalue weighted by Gasteiger charge is 2.16. The Labute approximate surface area is 102 Å². The Hall–Kier alpha value is -0.940. The summed E-state index contributed by atoms with van der Waals surface area (Å²) in [5.74, 6) is 0. The SMILES string of the molecule is Cn1cc(CC(O)CCC2CCCCO2)nn1. The van der Waals surface area contributed by atoms with Gasteiger partial charge in [-0.1, -0.05) is 5.21 Å². The highest BCUT2D eigenvalue weighted by atomic mass is 16.5. The van der Waals surface area contributed by atoms with Crippen molar-refractivity contribution in [1.29, 1.82) is 0 Å². The molecule has 2 heterocycles. The summed E-state index contributed by atoms with van der Waals surface area (Å²) in [6.45, 7) is 0.880. The van der Waals surface area contributed by atoms with Gasteiger partial charge in [0.25, 0.3) is 0 Å². The summed E-state index contributed by atoms with van der Waals surface area (Å²) < 4.78 is 7.30. The molecule has 1 aliphatic heterocycles. The van der Waals surface area contributed by atoms with Gasteiger partial charge in [-0.2, -0.15) is 0 Å². The second-order valence-electron chi connectivity index (χ2n) is 4.81. The van der Waals surface area contributed by atoms with E-state index in [1.807, 2.05) is 13.2 Å². The highest BCUT2D eigenvalue weighted by molar-refractivity contribution is 4.94. The van der Waals surface area contributed by atoms with Crippen molar-refractivity contribution in [2.45, 2.75) is 50.7 Å². The molecular weight excluding hydrogens is 218 g/mol. The molecule has 0 amide bonds. The molecule has 0 spiro atoms. The summed E-state index contributed by atoms with van der Waals surface area (Å²) in [5, 5.41) is 17.7. The van der Waals surface area contributed by atoms with Gasteiger partial charge in [-0.05, 0) is 32.1 Å². The van der Waals surface area contributed by atoms with Crippen molar-refractivity contribution in [3.8, 4) is 0 Å². The largest absolute Gasteiger partial charge is 0.393 e. The van der Waals surface area contributed by atoms with Crippen LogP contribution in [-0.4, -0.2) is 38.9 Å². The van der Waals surface area contributed by atoms with Crippen LogP contribution in [0.2, 0.25) is 0 Å². The lowest BCUT2D eigenvalue weighted by atomic mass is 10.0. The number of hydrogen-bond acceptors (Lipinski definition) is 4. The molecule has 1 aliphatic rings. The first-order valence-electron chi connectivity index (χ1n) is 6.39. The third-order valence-electron chi connectivity index (χ3n) is 3.19. The fourth-order valence-corrected chi connectivity index (χ4v) is 2.25. The van der Waals surface area contributed by atoms with Gasteiger partial charge in [0.15, 0.2) is 0 Å². The molecule has 2 rings (SSSR count). The fourth-order valence-electron chi connectivity index (χ4n) is 2.25. The van der Waals surface area contributed by atoms with E-state index in [1.54, 1.807) is 4.68 Å². The summed E-state index contributed by atoms with van der Waals surface area (Å²) in [7, 11) is 1.83. The van der Waals surface area contributed by atoms with Crippen LogP contribution in [0, 0.1) is 0 Å². The molecule has 0 radical (unpaired) electrons. The average molecular weight is 239 g/mol. The average Bonchev–Trinajstić information content (AvgIpc) is 2.73. The summed E-state index contributed by atoms with van der Waals surface area (Å²) in [6.07, 6.45) is 7.74. The van der Waals surface area contributed by atoms with Crippen LogP contribution in [0.1, 0.15) is 37.8 Å². The number of aliphatic hydroxyl groups is 1. The second kappa shape index (κ2) is 6.12. The number of hydrogen-bond donors (Lipinski definition) is 1. The van der Waals surface area contributed by atoms with Crippen molar-refractivity contribution in [3.63, 3.8) is 0 Å². The summed E-state index contributed by atoms with van der Waals surface area (Å²) in [4.78, 5) is 0. The van der Waals surface area contributed by atoms with Crippen molar-refractivity contribution in [2.75, 3.05) is 6.61 Å². The van der Waals surface area contributed by atoms with Crippen LogP contribution in [0.25, 0.3) is 0 Å². The van der Waals surface area contributed by atoms with Crippen LogP contribution < -0.4 is 0 Å². The van der Waals surface area contributed by atoms with E-state index in [2.05, 4.69) is 10.3 Å². The van der Waals surface area contributed by atoms with Gasteiger partial charge in [-0.3, -0.25) is 4.68 Å². The first-order valence-corrected chi connectivity index (χ1v) is 6.39. The topological polar surface area (TPSA) is 60.2 Å². The van der Waals surface area contributed by atoms with E-state index in [9.17, 15) is 5.11 Å². The van der Waals surface area contributed by atoms with Crippen LogP contribution in [0.4, 0.5) is 0 Å². The molecule has 1 fully saturated rings. The predicted octanol–water partition coefficient (Wildman–Crippen LogP) is 1.07. The first-order chi connectivity index (χ1) is 8.24. The number of ether oxygens (including phenoxy) is 1. The smallest absolute Gasteiger partial charge is 0.0852 e. The van der Waals surface area contributed by atoms with Gasteiger partial charge in [-0.15, -0.1) is 5.10 Å². The van der Waals surface area contributed by atoms with Gasteiger partial charge in [-0.25, -0.2) is 0 Å². The minimum atomic E-state index is -0.336. The Morgan fingerprint density at radius 3 is 3.12 bits per heavy atom. The third-order valence-corrected chi connectivity index (χ3v) is 3.19. The number of rotatable bonds is 5. The molecule has 96 valence electrons. The van der Waals surface area contributed by atoms with Crippen LogP contribution in [0.3, 0.4) is 0 Å². The van der Waals surface area contributed by atoms with Crippen LogP contribution in [0.5, 0.6) is 0 Å². The van der Waals surface area contributed by atoms with Gasteiger partial charge in [0.1, 0.15) is 0 Å². The predicted molar refractivity (Wildman–Crippen MR) is 63.5 cm³/mol. The van der Waals surface area contributed by atoms with Crippen LogP contribution >= 0.6 is 0 Å². The van der Waals surface area contributed by atoms with E-state index in [4.69, 9.17) is 4.74 Å². The maximum absolute atomic E-state index is 9.91. The molecule has 0 aromatic carbocycles. The molecular formula is C12H21N3O2. The minimum Gasteiger partial charge on any atom is -0.393 e. The van der Waals surface area contributed by atoms with Crippen LogP contribution in [-0.2, 0) is 18.2 Å². The van der Waals surface area contributed by atoms with E-state index < -0.39 is 0 Å². The Kier molecular flexibility index (Phi) is 4.50. The molecule has 0 bridgehead atoms. The second-order valence-corrected chi connectivity index (χ2v) is 4.81. The Bertz CT molecular complexity index is 334. The zero-order valence-electron chi connectivity index (χ0n) is 10.4. The number of aliphatic hydroxyl groups excluding tert-OH is 1. The lowest BCUT2D eigenvalue weighted by Gasteiger charge is -2.23. The summed E-state index contributed by atoms with van der Waals surface area (Å²) >= 11 is 0. The number of nitrogens with zero attached hydrogens (tertiary/aromatic N) is 3. The molecule has 2 atom stereocenters. The normalized spacial score (nSPS) is 22.6. The van der Waals surface area contributed by atoms with Gasteiger partial charge in [0, 0.05) is 26.3 Å². The van der Waals surface area contributed by atoms with Crippen LogP contribution in [0.15, 0.2) is 6.20 Å². The Morgan fingerprint density at radius 1 is 1.59 bits per heavy atom. The van der Waals surface area contributed by atoms with Crippen molar-refractivity contribution >= 4 is 0 Å². The van der Waals surface area contributed by atoms with Crippen molar-refractivity contribution < 1.29 is 9.84 Å².